The summed E-state index contributed by atoms with van der Waals surface area (Å²) in [6.07, 6.45) is -2.44. The van der Waals surface area contributed by atoms with Crippen LogP contribution >= 0.6 is 0 Å². The van der Waals surface area contributed by atoms with Gasteiger partial charge in [0.2, 0.25) is 0 Å². The number of carbonyl (C=O) groups is 6. The SMILES string of the molecule is CC(=O)O.CC(=O)O.CC(=O)O.CC(=O)O.CC(=O)O.CC(=O)O.OC[C@@H](O)[C@@H](O)CO. The Hall–Kier alpha value is -3.34. The third-order valence-corrected chi connectivity index (χ3v) is 0.818. The van der Waals surface area contributed by atoms with Crippen molar-refractivity contribution in [2.24, 2.45) is 0 Å². The van der Waals surface area contributed by atoms with Gasteiger partial charge in [-0.05, 0) is 0 Å². The van der Waals surface area contributed by atoms with Gasteiger partial charge in [-0.2, -0.15) is 0 Å². The van der Waals surface area contributed by atoms with Gasteiger partial charge in [-0.1, -0.05) is 0 Å². The van der Waals surface area contributed by atoms with Crippen LogP contribution in [-0.4, -0.2) is 112 Å². The van der Waals surface area contributed by atoms with Crippen LogP contribution in [0.2, 0.25) is 0 Å². The first-order chi connectivity index (χ1) is 14.1. The maximum atomic E-state index is 9.00. The highest BCUT2D eigenvalue weighted by molar-refractivity contribution is 5.64. The summed E-state index contributed by atoms with van der Waals surface area (Å²) in [5.74, 6) is -5.00. The highest BCUT2D eigenvalue weighted by Gasteiger charge is 2.12. The molecule has 0 aliphatic carbocycles. The lowest BCUT2D eigenvalue weighted by molar-refractivity contribution is -0.135. The number of aliphatic hydroxyl groups is 4. The first-order valence-corrected chi connectivity index (χ1v) is 7.87. The quantitative estimate of drug-likeness (QED) is 0.213. The number of hydrogen-bond acceptors (Lipinski definition) is 10. The Morgan fingerprint density at radius 3 is 0.531 bits per heavy atom. The van der Waals surface area contributed by atoms with Gasteiger partial charge in [-0.3, -0.25) is 28.8 Å². The Balaban J connectivity index is -0.0000000467. The molecule has 0 spiro atoms. The van der Waals surface area contributed by atoms with Crippen LogP contribution < -0.4 is 0 Å². The molecule has 0 heterocycles. The van der Waals surface area contributed by atoms with Crippen LogP contribution in [0.15, 0.2) is 0 Å². The Bertz CT molecular complexity index is 363. The lowest BCUT2D eigenvalue weighted by atomic mass is 10.2. The van der Waals surface area contributed by atoms with Gasteiger partial charge in [0.1, 0.15) is 12.2 Å². The minimum atomic E-state index is -1.22. The van der Waals surface area contributed by atoms with Crippen molar-refractivity contribution in [1.29, 1.82) is 0 Å². The van der Waals surface area contributed by atoms with Crippen LogP contribution in [0.3, 0.4) is 0 Å². The van der Waals surface area contributed by atoms with Crippen molar-refractivity contribution in [2.45, 2.75) is 53.8 Å². The van der Waals surface area contributed by atoms with Gasteiger partial charge in [0.05, 0.1) is 13.2 Å². The van der Waals surface area contributed by atoms with Crippen molar-refractivity contribution in [2.75, 3.05) is 13.2 Å². The number of aliphatic carboxylic acids is 6. The molecule has 10 N–H and O–H groups in total. The normalized spacial score (nSPS) is 9.19. The second-order valence-electron chi connectivity index (χ2n) is 4.61. The Morgan fingerprint density at radius 2 is 0.500 bits per heavy atom. The third-order valence-electron chi connectivity index (χ3n) is 0.818. The molecular weight excluding hydrogens is 448 g/mol. The smallest absolute Gasteiger partial charge is 0.300 e. The molecule has 0 aliphatic heterocycles. The lowest BCUT2D eigenvalue weighted by Gasteiger charge is -2.10. The summed E-state index contributed by atoms with van der Waals surface area (Å²) in [6, 6.07) is 0. The highest BCUT2D eigenvalue weighted by atomic mass is 16.4. The van der Waals surface area contributed by atoms with Crippen LogP contribution in [0.25, 0.3) is 0 Å². The van der Waals surface area contributed by atoms with Crippen LogP contribution in [0.1, 0.15) is 41.5 Å². The summed E-state index contributed by atoms with van der Waals surface area (Å²) in [5.41, 5.74) is 0. The molecule has 2 atom stereocenters. The largest absolute Gasteiger partial charge is 0.481 e. The van der Waals surface area contributed by atoms with Crippen LogP contribution in [0, 0.1) is 0 Å². The zero-order valence-electron chi connectivity index (χ0n) is 18.5. The minimum Gasteiger partial charge on any atom is -0.481 e. The van der Waals surface area contributed by atoms with Gasteiger partial charge in [-0.15, -0.1) is 0 Å². The van der Waals surface area contributed by atoms with Crippen LogP contribution in [0.4, 0.5) is 0 Å². The number of carboxylic acids is 6. The molecule has 0 unspecified atom stereocenters. The zero-order chi connectivity index (χ0) is 28.0. The topological polar surface area (TPSA) is 305 Å². The summed E-state index contributed by atoms with van der Waals surface area (Å²) in [5, 5.41) is 77.7. The van der Waals surface area contributed by atoms with E-state index in [0.29, 0.717) is 0 Å². The van der Waals surface area contributed by atoms with Crippen LogP contribution in [0.5, 0.6) is 0 Å². The van der Waals surface area contributed by atoms with Gasteiger partial charge in [0.25, 0.3) is 35.8 Å². The average Bonchev–Trinajstić information content (AvgIpc) is 2.50. The molecule has 0 bridgehead atoms. The van der Waals surface area contributed by atoms with E-state index < -0.39 is 61.2 Å². The number of carboxylic acid groups (broad SMARTS) is 6. The Kier molecular flexibility index (Phi) is 55.9. The molecule has 0 radical (unpaired) electrons. The molecule has 0 aromatic rings. The molecule has 0 saturated carbocycles. The molecule has 32 heavy (non-hydrogen) atoms. The maximum absolute atomic E-state index is 9.00. The van der Waals surface area contributed by atoms with Crippen molar-refractivity contribution < 1.29 is 79.8 Å². The van der Waals surface area contributed by atoms with Crippen molar-refractivity contribution >= 4 is 35.8 Å². The van der Waals surface area contributed by atoms with E-state index in [4.69, 9.17) is 79.8 Å². The van der Waals surface area contributed by atoms with Crippen molar-refractivity contribution in [3.63, 3.8) is 0 Å². The van der Waals surface area contributed by atoms with Gasteiger partial charge in [0.15, 0.2) is 0 Å². The third kappa shape index (κ3) is 808. The first kappa shape index (κ1) is 46.7. The fraction of sp³-hybridized carbons (Fsp3) is 0.625. The van der Waals surface area contributed by atoms with E-state index in [1.807, 2.05) is 0 Å². The van der Waals surface area contributed by atoms with Gasteiger partial charge in [-0.25, -0.2) is 0 Å². The number of aliphatic hydroxyl groups excluding tert-OH is 4. The van der Waals surface area contributed by atoms with E-state index in [2.05, 4.69) is 0 Å². The molecule has 0 fully saturated rings. The molecule has 0 aliphatic rings. The second-order valence-corrected chi connectivity index (χ2v) is 4.61. The summed E-state index contributed by atoms with van der Waals surface area (Å²) in [6.45, 7) is 5.45. The van der Waals surface area contributed by atoms with Crippen molar-refractivity contribution in [3.8, 4) is 0 Å². The second kappa shape index (κ2) is 38.3. The number of hydrogen-bond donors (Lipinski definition) is 10. The molecule has 0 rings (SSSR count). The standard InChI is InChI=1S/C4H10O4.6C2H4O2/c5-1-3(7)4(8)2-6;6*1-2(3)4/h3-8H,1-2H2;6*1H3,(H,3,4)/t3-,4+;;;;;;. The fourth-order valence-electron chi connectivity index (χ4n) is 0.243. The average molecular weight is 482 g/mol. The predicted molar refractivity (Wildman–Crippen MR) is 106 cm³/mol. The zero-order valence-corrected chi connectivity index (χ0v) is 18.5. The molecule has 0 amide bonds. The number of rotatable bonds is 3. The summed E-state index contributed by atoms with van der Waals surface area (Å²) in [4.78, 5) is 54.0. The first-order valence-electron chi connectivity index (χ1n) is 7.87. The lowest BCUT2D eigenvalue weighted by Crippen LogP contribution is -2.31. The molecule has 0 aromatic heterocycles. The van der Waals surface area contributed by atoms with Gasteiger partial charge < -0.3 is 51.1 Å². The minimum absolute atomic E-state index is 0.526. The summed E-state index contributed by atoms with van der Waals surface area (Å²) < 4.78 is 0. The molecular formula is C16H34O16. The summed E-state index contributed by atoms with van der Waals surface area (Å²) >= 11 is 0. The monoisotopic (exact) mass is 482 g/mol. The molecule has 0 saturated heterocycles. The van der Waals surface area contributed by atoms with E-state index in [1.54, 1.807) is 0 Å². The predicted octanol–water partition coefficient (Wildman–Crippen LogP) is -1.76. The van der Waals surface area contributed by atoms with E-state index in [-0.39, 0.29) is 0 Å². The molecule has 0 aromatic carbocycles. The van der Waals surface area contributed by atoms with E-state index >= 15 is 0 Å². The Morgan fingerprint density at radius 1 is 0.438 bits per heavy atom. The van der Waals surface area contributed by atoms with Gasteiger partial charge >= 0.3 is 0 Å². The Labute approximate surface area is 183 Å². The highest BCUT2D eigenvalue weighted by Crippen LogP contribution is 1.88. The van der Waals surface area contributed by atoms with E-state index in [9.17, 15) is 0 Å². The van der Waals surface area contributed by atoms with Crippen molar-refractivity contribution in [1.82, 2.24) is 0 Å². The van der Waals surface area contributed by atoms with Crippen molar-refractivity contribution in [3.05, 3.63) is 0 Å². The van der Waals surface area contributed by atoms with Crippen LogP contribution in [-0.2, 0) is 28.8 Å². The summed E-state index contributed by atoms with van der Waals surface area (Å²) in [7, 11) is 0. The van der Waals surface area contributed by atoms with Gasteiger partial charge in [0, 0.05) is 41.5 Å². The molecule has 194 valence electrons. The van der Waals surface area contributed by atoms with E-state index in [0.717, 1.165) is 41.5 Å². The molecule has 16 nitrogen and oxygen atoms in total. The van der Waals surface area contributed by atoms with E-state index in [1.165, 1.54) is 0 Å². The fourth-order valence-corrected chi connectivity index (χ4v) is 0.243. The molecule has 16 heteroatoms. The maximum Gasteiger partial charge on any atom is 0.300 e.